The maximum absolute atomic E-state index is 12.3. The Morgan fingerprint density at radius 1 is 1.29 bits per heavy atom. The van der Waals surface area contributed by atoms with Crippen LogP contribution in [0.4, 0.5) is 9.93 Å². The van der Waals surface area contributed by atoms with Crippen LogP contribution >= 0.6 is 11.3 Å². The molecule has 1 aromatic heterocycles. The second kappa shape index (κ2) is 8.12. The summed E-state index contributed by atoms with van der Waals surface area (Å²) < 4.78 is 5.14. The van der Waals surface area contributed by atoms with Crippen LogP contribution in [-0.4, -0.2) is 49.2 Å². The van der Waals surface area contributed by atoms with Crippen molar-refractivity contribution in [3.63, 3.8) is 0 Å². The standard InChI is InChI=1S/C17H22N4O2S/c1-23-13-15-4-2-3-14(11-15)12-19-16(22)20-6-8-21(9-7-20)17-18-5-10-24-17/h2-5,10-11H,6-9,12-13H2,1H3,(H,19,22). The third-order valence-electron chi connectivity index (χ3n) is 4.00. The Hall–Kier alpha value is -2.12. The Kier molecular flexibility index (Phi) is 5.66. The Balaban J connectivity index is 1.47. The van der Waals surface area contributed by atoms with Crippen LogP contribution in [0.25, 0.3) is 0 Å². The molecule has 0 bridgehead atoms. The van der Waals surface area contributed by atoms with Gasteiger partial charge in [0.05, 0.1) is 6.61 Å². The van der Waals surface area contributed by atoms with Gasteiger partial charge in [-0.3, -0.25) is 0 Å². The van der Waals surface area contributed by atoms with Crippen molar-refractivity contribution in [3.05, 3.63) is 47.0 Å². The number of nitrogens with zero attached hydrogens (tertiary/aromatic N) is 3. The zero-order chi connectivity index (χ0) is 16.8. The molecule has 0 aliphatic carbocycles. The number of carbonyl (C=O) groups excluding carboxylic acids is 1. The van der Waals surface area contributed by atoms with Gasteiger partial charge >= 0.3 is 6.03 Å². The third-order valence-corrected chi connectivity index (χ3v) is 4.84. The second-order valence-electron chi connectivity index (χ2n) is 5.70. The van der Waals surface area contributed by atoms with Gasteiger partial charge in [-0.15, -0.1) is 11.3 Å². The number of nitrogens with one attached hydrogen (secondary N) is 1. The number of aromatic nitrogens is 1. The number of urea groups is 1. The van der Waals surface area contributed by atoms with Gasteiger partial charge in [0.1, 0.15) is 0 Å². The van der Waals surface area contributed by atoms with Crippen molar-refractivity contribution in [1.29, 1.82) is 0 Å². The van der Waals surface area contributed by atoms with Gasteiger partial charge in [0, 0.05) is 51.4 Å². The van der Waals surface area contributed by atoms with E-state index < -0.39 is 0 Å². The molecule has 2 heterocycles. The lowest BCUT2D eigenvalue weighted by molar-refractivity contribution is 0.185. The molecule has 1 fully saturated rings. The summed E-state index contributed by atoms with van der Waals surface area (Å²) in [6, 6.07) is 8.07. The van der Waals surface area contributed by atoms with E-state index in [1.54, 1.807) is 18.4 Å². The molecule has 24 heavy (non-hydrogen) atoms. The Labute approximate surface area is 146 Å². The lowest BCUT2D eigenvalue weighted by atomic mass is 10.1. The number of piperazine rings is 1. The second-order valence-corrected chi connectivity index (χ2v) is 6.57. The molecule has 0 saturated carbocycles. The molecule has 0 spiro atoms. The minimum Gasteiger partial charge on any atom is -0.380 e. The van der Waals surface area contributed by atoms with Crippen LogP contribution in [0, 0.1) is 0 Å². The zero-order valence-corrected chi connectivity index (χ0v) is 14.6. The average Bonchev–Trinajstić information content (AvgIpc) is 3.15. The quantitative estimate of drug-likeness (QED) is 0.903. The Morgan fingerprint density at radius 3 is 2.79 bits per heavy atom. The number of hydrogen-bond acceptors (Lipinski definition) is 5. The van der Waals surface area contributed by atoms with Crippen LogP contribution in [0.5, 0.6) is 0 Å². The molecule has 128 valence electrons. The van der Waals surface area contributed by atoms with Crippen LogP contribution < -0.4 is 10.2 Å². The van der Waals surface area contributed by atoms with Crippen molar-refractivity contribution in [2.24, 2.45) is 0 Å². The Morgan fingerprint density at radius 2 is 2.08 bits per heavy atom. The average molecular weight is 346 g/mol. The van der Waals surface area contributed by atoms with Gasteiger partial charge in [-0.25, -0.2) is 9.78 Å². The van der Waals surface area contributed by atoms with Gasteiger partial charge in [-0.1, -0.05) is 24.3 Å². The van der Waals surface area contributed by atoms with Crippen molar-refractivity contribution in [2.45, 2.75) is 13.2 Å². The highest BCUT2D eigenvalue weighted by Gasteiger charge is 2.22. The van der Waals surface area contributed by atoms with Crippen LogP contribution in [-0.2, 0) is 17.9 Å². The summed E-state index contributed by atoms with van der Waals surface area (Å²) in [6.45, 7) is 4.20. The van der Waals surface area contributed by atoms with E-state index in [9.17, 15) is 4.79 Å². The fourth-order valence-corrected chi connectivity index (χ4v) is 3.46. The molecule has 2 amide bonds. The molecule has 1 N–H and O–H groups in total. The third kappa shape index (κ3) is 4.24. The number of thiazole rings is 1. The summed E-state index contributed by atoms with van der Waals surface area (Å²) in [6.07, 6.45) is 1.82. The monoisotopic (exact) mass is 346 g/mol. The van der Waals surface area contributed by atoms with E-state index in [0.29, 0.717) is 13.2 Å². The van der Waals surface area contributed by atoms with E-state index in [1.807, 2.05) is 34.7 Å². The van der Waals surface area contributed by atoms with E-state index >= 15 is 0 Å². The summed E-state index contributed by atoms with van der Waals surface area (Å²) in [5.74, 6) is 0. The number of carbonyl (C=O) groups is 1. The van der Waals surface area contributed by atoms with Gasteiger partial charge in [0.2, 0.25) is 0 Å². The van der Waals surface area contributed by atoms with Crippen molar-refractivity contribution < 1.29 is 9.53 Å². The van der Waals surface area contributed by atoms with E-state index in [-0.39, 0.29) is 6.03 Å². The van der Waals surface area contributed by atoms with Crippen LogP contribution in [0.15, 0.2) is 35.8 Å². The lowest BCUT2D eigenvalue weighted by Gasteiger charge is -2.34. The fourth-order valence-electron chi connectivity index (χ4n) is 2.76. The smallest absolute Gasteiger partial charge is 0.317 e. The van der Waals surface area contributed by atoms with Gasteiger partial charge in [-0.05, 0) is 11.1 Å². The lowest BCUT2D eigenvalue weighted by Crippen LogP contribution is -2.51. The number of benzene rings is 1. The molecule has 3 rings (SSSR count). The number of hydrogen-bond donors (Lipinski definition) is 1. The maximum Gasteiger partial charge on any atom is 0.317 e. The molecular formula is C17H22N4O2S. The largest absolute Gasteiger partial charge is 0.380 e. The maximum atomic E-state index is 12.3. The predicted molar refractivity (Wildman–Crippen MR) is 95.3 cm³/mol. The van der Waals surface area contributed by atoms with Gasteiger partial charge in [-0.2, -0.15) is 0 Å². The summed E-state index contributed by atoms with van der Waals surface area (Å²) in [7, 11) is 1.68. The van der Waals surface area contributed by atoms with E-state index in [0.717, 1.165) is 42.4 Å². The number of methoxy groups -OCH3 is 1. The predicted octanol–water partition coefficient (Wildman–Crippen LogP) is 2.32. The molecule has 0 atom stereocenters. The molecule has 2 aromatic rings. The number of amides is 2. The van der Waals surface area contributed by atoms with Crippen LogP contribution in [0.2, 0.25) is 0 Å². The fraction of sp³-hybridized carbons (Fsp3) is 0.412. The number of anilines is 1. The molecule has 0 radical (unpaired) electrons. The van der Waals surface area contributed by atoms with Crippen molar-refractivity contribution >= 4 is 22.5 Å². The van der Waals surface area contributed by atoms with Crippen LogP contribution in [0.3, 0.4) is 0 Å². The molecule has 0 unspecified atom stereocenters. The molecule has 6 nitrogen and oxygen atoms in total. The summed E-state index contributed by atoms with van der Waals surface area (Å²) in [5, 5.41) is 6.01. The van der Waals surface area contributed by atoms with Gasteiger partial charge in [0.25, 0.3) is 0 Å². The van der Waals surface area contributed by atoms with E-state index in [2.05, 4.69) is 21.3 Å². The van der Waals surface area contributed by atoms with Crippen molar-refractivity contribution in [1.82, 2.24) is 15.2 Å². The molecular weight excluding hydrogens is 324 g/mol. The minimum atomic E-state index is -0.00840. The highest BCUT2D eigenvalue weighted by molar-refractivity contribution is 7.13. The van der Waals surface area contributed by atoms with Crippen molar-refractivity contribution in [2.75, 3.05) is 38.2 Å². The van der Waals surface area contributed by atoms with E-state index in [1.165, 1.54) is 0 Å². The van der Waals surface area contributed by atoms with E-state index in [4.69, 9.17) is 4.74 Å². The first-order valence-corrected chi connectivity index (χ1v) is 8.88. The SMILES string of the molecule is COCc1cccc(CNC(=O)N2CCN(c3nccs3)CC2)c1. The summed E-state index contributed by atoms with van der Waals surface area (Å²) >= 11 is 1.64. The Bertz CT molecular complexity index is 654. The molecule has 1 aromatic carbocycles. The van der Waals surface area contributed by atoms with Crippen molar-refractivity contribution in [3.8, 4) is 0 Å². The molecule has 1 aliphatic heterocycles. The summed E-state index contributed by atoms with van der Waals surface area (Å²) in [4.78, 5) is 20.7. The minimum absolute atomic E-state index is 0.00840. The highest BCUT2D eigenvalue weighted by Crippen LogP contribution is 2.18. The topological polar surface area (TPSA) is 57.7 Å². The van der Waals surface area contributed by atoms with Crippen LogP contribution in [0.1, 0.15) is 11.1 Å². The molecule has 7 heteroatoms. The number of rotatable bonds is 5. The summed E-state index contributed by atoms with van der Waals surface area (Å²) in [5.41, 5.74) is 2.20. The first-order chi connectivity index (χ1) is 11.8. The van der Waals surface area contributed by atoms with Gasteiger partial charge in [0.15, 0.2) is 5.13 Å². The first-order valence-electron chi connectivity index (χ1n) is 8.00. The number of ether oxygens (including phenoxy) is 1. The zero-order valence-electron chi connectivity index (χ0n) is 13.8. The normalized spacial score (nSPS) is 14.7. The molecule has 1 saturated heterocycles. The molecule has 1 aliphatic rings. The highest BCUT2D eigenvalue weighted by atomic mass is 32.1. The van der Waals surface area contributed by atoms with Gasteiger partial charge < -0.3 is 19.9 Å². The first kappa shape index (κ1) is 16.7.